The highest BCUT2D eigenvalue weighted by molar-refractivity contribution is 5.72. The molecule has 1 unspecified atom stereocenters. The zero-order valence-corrected chi connectivity index (χ0v) is 11.0. The molecular weight excluding hydrogens is 266 g/mol. The van der Waals surface area contributed by atoms with Gasteiger partial charge in [-0.3, -0.25) is 0 Å². The predicted molar refractivity (Wildman–Crippen MR) is 69.4 cm³/mol. The van der Waals surface area contributed by atoms with Gasteiger partial charge in [0.25, 0.3) is 0 Å². The molecule has 3 N–H and O–H groups in total. The number of amides is 1. The summed E-state index contributed by atoms with van der Waals surface area (Å²) in [5.74, 6) is -0.612. The molecule has 1 aromatic carbocycles. The fraction of sp³-hybridized carbons (Fsp3) is 0.385. The van der Waals surface area contributed by atoms with Crippen molar-refractivity contribution in [2.24, 2.45) is 0 Å². The lowest BCUT2D eigenvalue weighted by atomic mass is 10.2. The van der Waals surface area contributed by atoms with Gasteiger partial charge in [0, 0.05) is 13.0 Å². The number of ether oxygens (including phenoxy) is 2. The highest BCUT2D eigenvalue weighted by Gasteiger charge is 2.13. The first-order valence-electron chi connectivity index (χ1n) is 5.97. The molecular formula is C13H17NO6. The van der Waals surface area contributed by atoms with E-state index in [2.05, 4.69) is 5.32 Å². The fourth-order valence-corrected chi connectivity index (χ4v) is 1.36. The van der Waals surface area contributed by atoms with Gasteiger partial charge in [0.05, 0.1) is 7.11 Å². The van der Waals surface area contributed by atoms with Crippen molar-refractivity contribution in [2.45, 2.75) is 19.1 Å². The van der Waals surface area contributed by atoms with E-state index >= 15 is 0 Å². The highest BCUT2D eigenvalue weighted by Crippen LogP contribution is 2.11. The minimum Gasteiger partial charge on any atom is -0.497 e. The molecule has 20 heavy (non-hydrogen) atoms. The van der Waals surface area contributed by atoms with Crippen molar-refractivity contribution in [3.05, 3.63) is 29.8 Å². The molecule has 7 heteroatoms. The van der Waals surface area contributed by atoms with Gasteiger partial charge in [0.2, 0.25) is 0 Å². The number of rotatable bonds is 7. The Bertz CT molecular complexity index is 445. The molecule has 1 rings (SSSR count). The first kappa shape index (κ1) is 15.8. The summed E-state index contributed by atoms with van der Waals surface area (Å²) < 4.78 is 9.92. The molecule has 0 fully saturated rings. The number of hydrogen-bond donors (Lipinski definition) is 3. The van der Waals surface area contributed by atoms with Gasteiger partial charge in [0.1, 0.15) is 12.4 Å². The maximum atomic E-state index is 11.3. The highest BCUT2D eigenvalue weighted by atomic mass is 16.5. The van der Waals surface area contributed by atoms with E-state index in [1.807, 2.05) is 0 Å². The molecule has 0 aliphatic carbocycles. The smallest absolute Gasteiger partial charge is 0.407 e. The number of aliphatic hydroxyl groups is 1. The van der Waals surface area contributed by atoms with Gasteiger partial charge in [-0.1, -0.05) is 12.1 Å². The average Bonchev–Trinajstić information content (AvgIpc) is 2.45. The summed E-state index contributed by atoms with van der Waals surface area (Å²) in [5.41, 5.74) is 0.798. The zero-order valence-electron chi connectivity index (χ0n) is 11.0. The van der Waals surface area contributed by atoms with Gasteiger partial charge < -0.3 is 25.0 Å². The van der Waals surface area contributed by atoms with E-state index in [1.165, 1.54) is 0 Å². The van der Waals surface area contributed by atoms with Crippen molar-refractivity contribution < 1.29 is 29.3 Å². The number of alkyl carbamates (subject to hydrolysis) is 1. The molecule has 1 aromatic rings. The summed E-state index contributed by atoms with van der Waals surface area (Å²) in [5, 5.41) is 19.8. The van der Waals surface area contributed by atoms with Crippen LogP contribution in [0.25, 0.3) is 0 Å². The second-order valence-corrected chi connectivity index (χ2v) is 3.99. The van der Waals surface area contributed by atoms with E-state index in [-0.39, 0.29) is 19.6 Å². The SMILES string of the molecule is COc1ccc(COC(=O)NCCC(O)C(=O)O)cc1. The van der Waals surface area contributed by atoms with Crippen LogP contribution in [-0.4, -0.2) is 42.0 Å². The van der Waals surface area contributed by atoms with Gasteiger partial charge in [0.15, 0.2) is 6.10 Å². The second kappa shape index (κ2) is 8.00. The number of aliphatic hydroxyl groups excluding tert-OH is 1. The summed E-state index contributed by atoms with van der Waals surface area (Å²) >= 11 is 0. The number of carboxylic acids is 1. The normalized spacial score (nSPS) is 11.5. The number of carbonyl (C=O) groups excluding carboxylic acids is 1. The average molecular weight is 283 g/mol. The molecule has 0 aliphatic rings. The third-order valence-corrected chi connectivity index (χ3v) is 2.50. The predicted octanol–water partition coefficient (Wildman–Crippen LogP) is 0.757. The van der Waals surface area contributed by atoms with Crippen LogP contribution in [0, 0.1) is 0 Å². The summed E-state index contributed by atoms with van der Waals surface area (Å²) in [6, 6.07) is 7.03. The van der Waals surface area contributed by atoms with E-state index in [4.69, 9.17) is 19.7 Å². The first-order chi connectivity index (χ1) is 9.52. The standard InChI is InChI=1S/C13H17NO6/c1-19-10-4-2-9(3-5-10)8-20-13(18)14-7-6-11(15)12(16)17/h2-5,11,15H,6-8H2,1H3,(H,14,18)(H,16,17). The zero-order chi connectivity index (χ0) is 15.0. The number of methoxy groups -OCH3 is 1. The Balaban J connectivity index is 2.23. The molecule has 1 amide bonds. The molecule has 7 nitrogen and oxygen atoms in total. The molecule has 0 radical (unpaired) electrons. The molecule has 1 atom stereocenters. The molecule has 0 saturated carbocycles. The molecule has 0 bridgehead atoms. The van der Waals surface area contributed by atoms with E-state index in [9.17, 15) is 9.59 Å². The molecule has 0 aromatic heterocycles. The Morgan fingerprint density at radius 2 is 1.95 bits per heavy atom. The lowest BCUT2D eigenvalue weighted by Gasteiger charge is -2.08. The van der Waals surface area contributed by atoms with Crippen molar-refractivity contribution in [2.75, 3.05) is 13.7 Å². The van der Waals surface area contributed by atoms with Gasteiger partial charge in [-0.05, 0) is 17.7 Å². The number of nitrogens with one attached hydrogen (secondary N) is 1. The molecule has 0 spiro atoms. The fourth-order valence-electron chi connectivity index (χ4n) is 1.36. The van der Waals surface area contributed by atoms with Gasteiger partial charge in [-0.25, -0.2) is 9.59 Å². The van der Waals surface area contributed by atoms with Crippen LogP contribution in [0.15, 0.2) is 24.3 Å². The van der Waals surface area contributed by atoms with Crippen molar-refractivity contribution >= 4 is 12.1 Å². The number of carboxylic acid groups (broad SMARTS) is 1. The van der Waals surface area contributed by atoms with Crippen LogP contribution in [0.5, 0.6) is 5.75 Å². The number of benzene rings is 1. The number of hydrogen-bond acceptors (Lipinski definition) is 5. The van der Waals surface area contributed by atoms with Crippen molar-refractivity contribution in [1.82, 2.24) is 5.32 Å². The minimum absolute atomic E-state index is 0.0227. The summed E-state index contributed by atoms with van der Waals surface area (Å²) in [6.07, 6.45) is -2.23. The maximum Gasteiger partial charge on any atom is 0.407 e. The van der Waals surface area contributed by atoms with Crippen molar-refractivity contribution in [3.8, 4) is 5.75 Å². The van der Waals surface area contributed by atoms with E-state index in [1.54, 1.807) is 31.4 Å². The molecule has 0 heterocycles. The van der Waals surface area contributed by atoms with E-state index in [0.717, 1.165) is 5.56 Å². The van der Waals surface area contributed by atoms with Crippen LogP contribution in [0.2, 0.25) is 0 Å². The van der Waals surface area contributed by atoms with Gasteiger partial charge >= 0.3 is 12.1 Å². The Kier molecular flexibility index (Phi) is 6.31. The summed E-state index contributed by atoms with van der Waals surface area (Å²) in [6.45, 7) is 0.117. The quantitative estimate of drug-likeness (QED) is 0.682. The monoisotopic (exact) mass is 283 g/mol. The van der Waals surface area contributed by atoms with Crippen LogP contribution in [0.3, 0.4) is 0 Å². The Hall–Kier alpha value is -2.28. The van der Waals surface area contributed by atoms with E-state index in [0.29, 0.717) is 5.75 Å². The molecule has 0 saturated heterocycles. The lowest BCUT2D eigenvalue weighted by molar-refractivity contribution is -0.146. The van der Waals surface area contributed by atoms with Crippen LogP contribution in [0.1, 0.15) is 12.0 Å². The molecule has 0 aliphatic heterocycles. The van der Waals surface area contributed by atoms with Gasteiger partial charge in [-0.15, -0.1) is 0 Å². The molecule has 110 valence electrons. The van der Waals surface area contributed by atoms with Crippen LogP contribution in [0.4, 0.5) is 4.79 Å². The third-order valence-electron chi connectivity index (χ3n) is 2.50. The first-order valence-corrected chi connectivity index (χ1v) is 5.97. The second-order valence-electron chi connectivity index (χ2n) is 3.99. The maximum absolute atomic E-state index is 11.3. The number of carbonyl (C=O) groups is 2. The summed E-state index contributed by atoms with van der Waals surface area (Å²) in [7, 11) is 1.56. The number of aliphatic carboxylic acids is 1. The van der Waals surface area contributed by atoms with Crippen molar-refractivity contribution in [3.63, 3.8) is 0 Å². The van der Waals surface area contributed by atoms with Crippen LogP contribution in [-0.2, 0) is 16.1 Å². The Labute approximate surface area is 116 Å². The Morgan fingerprint density at radius 3 is 2.50 bits per heavy atom. The van der Waals surface area contributed by atoms with E-state index < -0.39 is 18.2 Å². The topological polar surface area (TPSA) is 105 Å². The van der Waals surface area contributed by atoms with Crippen LogP contribution >= 0.6 is 0 Å². The third kappa shape index (κ3) is 5.57. The lowest BCUT2D eigenvalue weighted by Crippen LogP contribution is -2.30. The summed E-state index contributed by atoms with van der Waals surface area (Å²) in [4.78, 5) is 21.6. The van der Waals surface area contributed by atoms with Crippen LogP contribution < -0.4 is 10.1 Å². The Morgan fingerprint density at radius 1 is 1.30 bits per heavy atom. The largest absolute Gasteiger partial charge is 0.497 e. The van der Waals surface area contributed by atoms with Gasteiger partial charge in [-0.2, -0.15) is 0 Å². The minimum atomic E-state index is -1.49. The van der Waals surface area contributed by atoms with Crippen molar-refractivity contribution in [1.29, 1.82) is 0 Å².